The van der Waals surface area contributed by atoms with Crippen molar-refractivity contribution >= 4 is 34.0 Å². The molecule has 2 heterocycles. The smallest absolute Gasteiger partial charge is 0.259 e. The largest absolute Gasteiger partial charge is 0.486 e. The predicted octanol–water partition coefficient (Wildman–Crippen LogP) is 4.49. The molecule has 1 aliphatic rings. The Balaban J connectivity index is 1.56. The maximum atomic E-state index is 12.5. The number of amides is 1. The van der Waals surface area contributed by atoms with Crippen molar-refractivity contribution in [2.45, 2.75) is 0 Å². The molecule has 0 spiro atoms. The minimum atomic E-state index is -0.337. The number of ether oxygens (including phenoxy) is 2. The number of hydrogen-bond donors (Lipinski definition) is 1. The highest BCUT2D eigenvalue weighted by molar-refractivity contribution is 7.14. The molecule has 0 saturated carbocycles. The number of carbonyl (C=O) groups excluding carboxylic acids is 1. The maximum absolute atomic E-state index is 12.5. The van der Waals surface area contributed by atoms with Crippen LogP contribution in [0.4, 0.5) is 5.13 Å². The summed E-state index contributed by atoms with van der Waals surface area (Å²) in [5.41, 5.74) is 2.13. The molecule has 2 aromatic carbocycles. The summed E-state index contributed by atoms with van der Waals surface area (Å²) in [6, 6.07) is 13.0. The fourth-order valence-electron chi connectivity index (χ4n) is 2.48. The summed E-state index contributed by atoms with van der Waals surface area (Å²) in [6.07, 6.45) is 0. The second kappa shape index (κ2) is 6.74. The molecular formula is C18H13ClN2O3S. The van der Waals surface area contributed by atoms with Crippen molar-refractivity contribution in [3.8, 4) is 22.8 Å². The number of thiazole rings is 1. The summed E-state index contributed by atoms with van der Waals surface area (Å²) in [7, 11) is 0. The zero-order valence-electron chi connectivity index (χ0n) is 13.0. The number of nitrogens with one attached hydrogen (secondary N) is 1. The second-order valence-corrected chi connectivity index (χ2v) is 6.60. The molecular weight excluding hydrogens is 360 g/mol. The first-order chi connectivity index (χ1) is 12.2. The molecule has 5 nitrogen and oxygen atoms in total. The zero-order chi connectivity index (χ0) is 17.2. The molecule has 0 aliphatic carbocycles. The maximum Gasteiger partial charge on any atom is 0.259 e. The number of benzene rings is 2. The van der Waals surface area contributed by atoms with E-state index >= 15 is 0 Å². The number of carbonyl (C=O) groups is 1. The van der Waals surface area contributed by atoms with Gasteiger partial charge in [-0.15, -0.1) is 11.3 Å². The van der Waals surface area contributed by atoms with E-state index in [2.05, 4.69) is 10.3 Å². The predicted molar refractivity (Wildman–Crippen MR) is 97.9 cm³/mol. The molecule has 126 valence electrons. The van der Waals surface area contributed by atoms with Crippen LogP contribution in [0.2, 0.25) is 5.02 Å². The SMILES string of the molecule is O=C(Nc1nc(-c2ccccc2)cs1)c1cc2c(cc1Cl)OCCO2. The van der Waals surface area contributed by atoms with Crippen molar-refractivity contribution in [1.82, 2.24) is 4.98 Å². The third-order valence-corrected chi connectivity index (χ3v) is 4.74. The van der Waals surface area contributed by atoms with Gasteiger partial charge in [0, 0.05) is 17.0 Å². The van der Waals surface area contributed by atoms with Crippen LogP contribution in [0.1, 0.15) is 10.4 Å². The fourth-order valence-corrected chi connectivity index (χ4v) is 3.43. The van der Waals surface area contributed by atoms with Crippen molar-refractivity contribution < 1.29 is 14.3 Å². The summed E-state index contributed by atoms with van der Waals surface area (Å²) in [4.78, 5) is 17.0. The Morgan fingerprint density at radius 1 is 1.12 bits per heavy atom. The first kappa shape index (κ1) is 15.9. The highest BCUT2D eigenvalue weighted by Gasteiger charge is 2.20. The van der Waals surface area contributed by atoms with Gasteiger partial charge in [0.05, 0.1) is 16.3 Å². The van der Waals surface area contributed by atoms with E-state index in [1.54, 1.807) is 12.1 Å². The summed E-state index contributed by atoms with van der Waals surface area (Å²) < 4.78 is 11.0. The topological polar surface area (TPSA) is 60.5 Å². The minimum absolute atomic E-state index is 0.307. The third kappa shape index (κ3) is 3.31. The van der Waals surface area contributed by atoms with Gasteiger partial charge in [0.15, 0.2) is 16.6 Å². The lowest BCUT2D eigenvalue weighted by Crippen LogP contribution is -2.17. The van der Waals surface area contributed by atoms with Crippen LogP contribution in [0.5, 0.6) is 11.5 Å². The highest BCUT2D eigenvalue weighted by atomic mass is 35.5. The van der Waals surface area contributed by atoms with Gasteiger partial charge < -0.3 is 9.47 Å². The molecule has 3 aromatic rings. The lowest BCUT2D eigenvalue weighted by atomic mass is 10.2. The Morgan fingerprint density at radius 3 is 2.60 bits per heavy atom. The lowest BCUT2D eigenvalue weighted by molar-refractivity contribution is 0.102. The molecule has 4 rings (SSSR count). The van der Waals surface area contributed by atoms with Crippen molar-refractivity contribution in [3.63, 3.8) is 0 Å². The van der Waals surface area contributed by atoms with Gasteiger partial charge >= 0.3 is 0 Å². The third-order valence-electron chi connectivity index (χ3n) is 3.67. The number of nitrogens with zero attached hydrogens (tertiary/aromatic N) is 1. The summed E-state index contributed by atoms with van der Waals surface area (Å²) in [5.74, 6) is 0.731. The Kier molecular flexibility index (Phi) is 4.29. The van der Waals surface area contributed by atoms with Crippen molar-refractivity contribution in [2.24, 2.45) is 0 Å². The quantitative estimate of drug-likeness (QED) is 0.736. The van der Waals surface area contributed by atoms with Gasteiger partial charge in [-0.1, -0.05) is 41.9 Å². The average molecular weight is 373 g/mol. The van der Waals surface area contributed by atoms with Crippen molar-refractivity contribution in [3.05, 3.63) is 58.4 Å². The van der Waals surface area contributed by atoms with Gasteiger partial charge in [-0.25, -0.2) is 4.98 Å². The monoisotopic (exact) mass is 372 g/mol. The lowest BCUT2D eigenvalue weighted by Gasteiger charge is -2.19. The van der Waals surface area contributed by atoms with Crippen LogP contribution in [-0.2, 0) is 0 Å². The van der Waals surface area contributed by atoms with Crippen molar-refractivity contribution in [1.29, 1.82) is 0 Å². The normalized spacial score (nSPS) is 12.7. The number of fused-ring (bicyclic) bond motifs is 1. The van der Waals surface area contributed by atoms with Crippen LogP contribution in [0.25, 0.3) is 11.3 Å². The van der Waals surface area contributed by atoms with E-state index in [0.717, 1.165) is 11.3 Å². The Labute approximate surface area is 153 Å². The molecule has 0 bridgehead atoms. The van der Waals surface area contributed by atoms with Crippen LogP contribution in [0.15, 0.2) is 47.8 Å². The molecule has 1 aromatic heterocycles. The molecule has 1 aliphatic heterocycles. The number of anilines is 1. The molecule has 25 heavy (non-hydrogen) atoms. The molecule has 0 atom stereocenters. The first-order valence-electron chi connectivity index (χ1n) is 7.62. The van der Waals surface area contributed by atoms with Gasteiger partial charge in [-0.3, -0.25) is 10.1 Å². The molecule has 0 radical (unpaired) electrons. The van der Waals surface area contributed by atoms with Crippen LogP contribution in [-0.4, -0.2) is 24.1 Å². The molecule has 0 unspecified atom stereocenters. The number of hydrogen-bond acceptors (Lipinski definition) is 5. The van der Waals surface area contributed by atoms with E-state index < -0.39 is 0 Å². The summed E-state index contributed by atoms with van der Waals surface area (Å²) in [5, 5.41) is 5.50. The Morgan fingerprint density at radius 2 is 1.84 bits per heavy atom. The fraction of sp³-hybridized carbons (Fsp3) is 0.111. The molecule has 0 saturated heterocycles. The Hall–Kier alpha value is -2.57. The number of aromatic nitrogens is 1. The van der Waals surface area contributed by atoms with Crippen LogP contribution < -0.4 is 14.8 Å². The summed E-state index contributed by atoms with van der Waals surface area (Å²) in [6.45, 7) is 0.916. The van der Waals surface area contributed by atoms with Crippen molar-refractivity contribution in [2.75, 3.05) is 18.5 Å². The molecule has 0 fully saturated rings. The number of rotatable bonds is 3. The van der Waals surface area contributed by atoms with E-state index in [0.29, 0.717) is 40.4 Å². The molecule has 1 N–H and O–H groups in total. The van der Waals surface area contributed by atoms with Gasteiger partial charge in [-0.05, 0) is 6.07 Å². The molecule has 1 amide bonds. The van der Waals surface area contributed by atoms with Gasteiger partial charge in [0.2, 0.25) is 0 Å². The minimum Gasteiger partial charge on any atom is -0.486 e. The van der Waals surface area contributed by atoms with Crippen LogP contribution in [0.3, 0.4) is 0 Å². The zero-order valence-corrected chi connectivity index (χ0v) is 14.6. The average Bonchev–Trinajstić information content (AvgIpc) is 3.10. The van der Waals surface area contributed by atoms with E-state index in [9.17, 15) is 4.79 Å². The van der Waals surface area contributed by atoms with E-state index in [1.807, 2.05) is 35.7 Å². The highest BCUT2D eigenvalue weighted by Crippen LogP contribution is 2.36. The second-order valence-electron chi connectivity index (χ2n) is 5.33. The number of halogens is 1. The van der Waals surface area contributed by atoms with Gasteiger partial charge in [0.25, 0.3) is 5.91 Å². The Bertz CT molecular complexity index is 927. The standard InChI is InChI=1S/C18H13ClN2O3S/c19-13-9-16-15(23-6-7-24-16)8-12(13)17(22)21-18-20-14(10-25-18)11-4-2-1-3-5-11/h1-5,8-10H,6-7H2,(H,20,21,22). The van der Waals surface area contributed by atoms with E-state index in [-0.39, 0.29) is 5.91 Å². The van der Waals surface area contributed by atoms with Crippen LogP contribution >= 0.6 is 22.9 Å². The van der Waals surface area contributed by atoms with Crippen LogP contribution in [0, 0.1) is 0 Å². The van der Waals surface area contributed by atoms with E-state index in [4.69, 9.17) is 21.1 Å². The first-order valence-corrected chi connectivity index (χ1v) is 8.88. The summed E-state index contributed by atoms with van der Waals surface area (Å²) >= 11 is 7.57. The van der Waals surface area contributed by atoms with Gasteiger partial charge in [0.1, 0.15) is 13.2 Å². The van der Waals surface area contributed by atoms with Gasteiger partial charge in [-0.2, -0.15) is 0 Å². The molecule has 7 heteroatoms. The van der Waals surface area contributed by atoms with E-state index in [1.165, 1.54) is 11.3 Å².